The van der Waals surface area contributed by atoms with Crippen molar-refractivity contribution in [2.45, 2.75) is 0 Å². The first-order chi connectivity index (χ1) is 28.8. The van der Waals surface area contributed by atoms with Gasteiger partial charge in [0.15, 0.2) is 0 Å². The smallest absolute Gasteiger partial charge is 0.00139 e. The fourth-order valence-corrected chi connectivity index (χ4v) is 9.11. The minimum absolute atomic E-state index is 1.20. The molecule has 0 bridgehead atoms. The van der Waals surface area contributed by atoms with Crippen LogP contribution in [-0.2, 0) is 0 Å². The topological polar surface area (TPSA) is 0 Å². The SMILES string of the molecule is c1ccc(-c2cc(-c3ccccc3)cc(-c3c4ccccc4c(-c4cc(-c5ccccc5)cc(-c5ccccc5)c4)c4c3ccc3c5ccccc5ccc34)c2)cc1. The largest absolute Gasteiger partial charge is 0.0622 e. The molecule has 270 valence electrons. The maximum atomic E-state index is 2.41. The molecule has 0 heteroatoms. The zero-order valence-corrected chi connectivity index (χ0v) is 31.9. The van der Waals surface area contributed by atoms with Crippen molar-refractivity contribution in [3.63, 3.8) is 0 Å². The third-order valence-corrected chi connectivity index (χ3v) is 11.8. The molecule has 0 atom stereocenters. The first-order valence-electron chi connectivity index (χ1n) is 20.1. The monoisotopic (exact) mass is 734 g/mol. The van der Waals surface area contributed by atoms with E-state index in [-0.39, 0.29) is 0 Å². The van der Waals surface area contributed by atoms with Gasteiger partial charge in [-0.25, -0.2) is 0 Å². The highest BCUT2D eigenvalue weighted by Crippen LogP contribution is 2.49. The molecular formula is C58H38. The Morgan fingerprint density at radius 2 is 0.517 bits per heavy atom. The van der Waals surface area contributed by atoms with E-state index in [0.29, 0.717) is 0 Å². The van der Waals surface area contributed by atoms with E-state index in [9.17, 15) is 0 Å². The van der Waals surface area contributed by atoms with Crippen molar-refractivity contribution in [1.82, 2.24) is 0 Å². The molecule has 0 saturated heterocycles. The molecule has 11 rings (SSSR count). The Labute approximate surface area is 339 Å². The summed E-state index contributed by atoms with van der Waals surface area (Å²) < 4.78 is 0. The standard InChI is InChI=1S/C58H38/c1-5-17-39(18-6-1)44-33-45(40-19-7-2-8-20-40)36-48(35-44)56-52-27-15-16-28-53(52)57(58-54-30-29-43-25-13-14-26-50(43)51(54)31-32-55(56)58)49-37-46(41-21-9-3-10-22-41)34-47(38-49)42-23-11-4-12-24-42/h1-38H. The van der Waals surface area contributed by atoms with Gasteiger partial charge in [0.2, 0.25) is 0 Å². The van der Waals surface area contributed by atoms with Gasteiger partial charge in [-0.15, -0.1) is 0 Å². The summed E-state index contributed by atoms with van der Waals surface area (Å²) in [4.78, 5) is 0. The highest BCUT2D eigenvalue weighted by molar-refractivity contribution is 6.30. The van der Waals surface area contributed by atoms with Crippen LogP contribution >= 0.6 is 0 Å². The van der Waals surface area contributed by atoms with E-state index in [1.807, 2.05) is 0 Å². The Morgan fingerprint density at radius 3 is 1.00 bits per heavy atom. The molecule has 0 N–H and O–H groups in total. The average Bonchev–Trinajstić information content (AvgIpc) is 3.31. The van der Waals surface area contributed by atoms with Crippen LogP contribution in [0.25, 0.3) is 110 Å². The van der Waals surface area contributed by atoms with Crippen molar-refractivity contribution >= 4 is 43.1 Å². The molecule has 0 saturated carbocycles. The van der Waals surface area contributed by atoms with Crippen LogP contribution in [0.15, 0.2) is 231 Å². The molecule has 58 heavy (non-hydrogen) atoms. The van der Waals surface area contributed by atoms with Gasteiger partial charge in [-0.2, -0.15) is 0 Å². The first kappa shape index (κ1) is 33.8. The fourth-order valence-electron chi connectivity index (χ4n) is 9.11. The molecule has 11 aromatic carbocycles. The summed E-state index contributed by atoms with van der Waals surface area (Å²) in [5.41, 5.74) is 14.5. The van der Waals surface area contributed by atoms with Gasteiger partial charge in [-0.3, -0.25) is 0 Å². The molecule has 0 unspecified atom stereocenters. The van der Waals surface area contributed by atoms with Gasteiger partial charge in [-0.05, 0) is 146 Å². The lowest BCUT2D eigenvalue weighted by atomic mass is 9.81. The molecule has 0 aliphatic rings. The van der Waals surface area contributed by atoms with Crippen molar-refractivity contribution in [2.75, 3.05) is 0 Å². The first-order valence-corrected chi connectivity index (χ1v) is 20.1. The summed E-state index contributed by atoms with van der Waals surface area (Å²) >= 11 is 0. The normalized spacial score (nSPS) is 11.4. The average molecular weight is 735 g/mol. The third kappa shape index (κ3) is 5.86. The highest BCUT2D eigenvalue weighted by Gasteiger charge is 2.21. The number of benzene rings is 11. The highest BCUT2D eigenvalue weighted by atomic mass is 14.2. The van der Waals surface area contributed by atoms with Gasteiger partial charge >= 0.3 is 0 Å². The van der Waals surface area contributed by atoms with Crippen molar-refractivity contribution in [3.8, 4) is 66.8 Å². The molecule has 0 aliphatic carbocycles. The molecule has 0 aromatic heterocycles. The number of hydrogen-bond donors (Lipinski definition) is 0. The van der Waals surface area contributed by atoms with Crippen LogP contribution in [0.4, 0.5) is 0 Å². The van der Waals surface area contributed by atoms with Gasteiger partial charge in [0, 0.05) is 0 Å². The van der Waals surface area contributed by atoms with E-state index >= 15 is 0 Å². The Hall–Kier alpha value is -7.54. The van der Waals surface area contributed by atoms with E-state index in [0.717, 1.165) is 0 Å². The number of fused-ring (bicyclic) bond motifs is 6. The summed E-state index contributed by atoms with van der Waals surface area (Å²) in [7, 11) is 0. The van der Waals surface area contributed by atoms with Crippen molar-refractivity contribution in [3.05, 3.63) is 231 Å². The minimum Gasteiger partial charge on any atom is -0.0622 e. The molecule has 0 radical (unpaired) electrons. The second kappa shape index (κ2) is 14.2. The van der Waals surface area contributed by atoms with E-state index in [1.165, 1.54) is 110 Å². The van der Waals surface area contributed by atoms with Crippen LogP contribution in [0, 0.1) is 0 Å². The van der Waals surface area contributed by atoms with Crippen LogP contribution in [0.3, 0.4) is 0 Å². The summed E-state index contributed by atoms with van der Waals surface area (Å²) in [6.07, 6.45) is 0. The zero-order chi connectivity index (χ0) is 38.4. The van der Waals surface area contributed by atoms with E-state index in [1.54, 1.807) is 0 Å². The van der Waals surface area contributed by atoms with Crippen molar-refractivity contribution < 1.29 is 0 Å². The van der Waals surface area contributed by atoms with Crippen molar-refractivity contribution in [1.29, 1.82) is 0 Å². The van der Waals surface area contributed by atoms with E-state index < -0.39 is 0 Å². The molecular weight excluding hydrogens is 697 g/mol. The predicted octanol–water partition coefficient (Wildman–Crippen LogP) is 16.3. The predicted molar refractivity (Wildman–Crippen MR) is 249 cm³/mol. The van der Waals surface area contributed by atoms with E-state index in [4.69, 9.17) is 0 Å². The fraction of sp³-hybridized carbons (Fsp3) is 0. The lowest BCUT2D eigenvalue weighted by Crippen LogP contribution is -1.94. The molecule has 0 fully saturated rings. The zero-order valence-electron chi connectivity index (χ0n) is 31.9. The molecule has 0 amide bonds. The van der Waals surface area contributed by atoms with Crippen LogP contribution in [-0.4, -0.2) is 0 Å². The lowest BCUT2D eigenvalue weighted by molar-refractivity contribution is 1.58. The minimum atomic E-state index is 1.20. The maximum absolute atomic E-state index is 2.41. The van der Waals surface area contributed by atoms with Crippen LogP contribution < -0.4 is 0 Å². The Balaban J connectivity index is 1.30. The number of hydrogen-bond acceptors (Lipinski definition) is 0. The van der Waals surface area contributed by atoms with Gasteiger partial charge in [0.25, 0.3) is 0 Å². The summed E-state index contributed by atoms with van der Waals surface area (Å²) in [6, 6.07) is 84.8. The Bertz CT molecular complexity index is 3170. The molecule has 0 aliphatic heterocycles. The van der Waals surface area contributed by atoms with Gasteiger partial charge in [0.1, 0.15) is 0 Å². The van der Waals surface area contributed by atoms with Gasteiger partial charge in [0.05, 0.1) is 0 Å². The number of rotatable bonds is 6. The summed E-state index contributed by atoms with van der Waals surface area (Å²) in [5, 5.41) is 10.0. The molecule has 0 heterocycles. The maximum Gasteiger partial charge on any atom is -0.00139 e. The lowest BCUT2D eigenvalue weighted by Gasteiger charge is -2.22. The Morgan fingerprint density at radius 1 is 0.172 bits per heavy atom. The molecule has 11 aromatic rings. The molecule has 0 nitrogen and oxygen atoms in total. The Kier molecular flexibility index (Phi) is 8.26. The van der Waals surface area contributed by atoms with Crippen LogP contribution in [0.5, 0.6) is 0 Å². The van der Waals surface area contributed by atoms with E-state index in [2.05, 4.69) is 231 Å². The van der Waals surface area contributed by atoms with Crippen LogP contribution in [0.1, 0.15) is 0 Å². The second-order valence-electron chi connectivity index (χ2n) is 15.2. The van der Waals surface area contributed by atoms with Gasteiger partial charge < -0.3 is 0 Å². The summed E-state index contributed by atoms with van der Waals surface area (Å²) in [6.45, 7) is 0. The summed E-state index contributed by atoms with van der Waals surface area (Å²) in [5.74, 6) is 0. The second-order valence-corrected chi connectivity index (χ2v) is 15.2. The van der Waals surface area contributed by atoms with Gasteiger partial charge in [-0.1, -0.05) is 194 Å². The quantitative estimate of drug-likeness (QED) is 0.118. The third-order valence-electron chi connectivity index (χ3n) is 11.8. The molecule has 0 spiro atoms. The van der Waals surface area contributed by atoms with Crippen molar-refractivity contribution in [2.24, 2.45) is 0 Å². The van der Waals surface area contributed by atoms with Crippen LogP contribution in [0.2, 0.25) is 0 Å².